The first-order valence-corrected chi connectivity index (χ1v) is 14.0. The molecule has 1 aromatic heterocycles. The van der Waals surface area contributed by atoms with Gasteiger partial charge in [-0.05, 0) is 43.7 Å². The van der Waals surface area contributed by atoms with E-state index in [4.69, 9.17) is 17.0 Å². The van der Waals surface area contributed by atoms with Crippen LogP contribution in [0, 0.1) is 0 Å². The first-order chi connectivity index (χ1) is 17.0. The zero-order valence-corrected chi connectivity index (χ0v) is 21.9. The van der Waals surface area contributed by atoms with E-state index in [2.05, 4.69) is 24.4 Å². The smallest absolute Gasteiger partial charge is 0.266 e. The second kappa shape index (κ2) is 10.8. The maximum atomic E-state index is 13.2. The van der Waals surface area contributed by atoms with Crippen LogP contribution in [0.15, 0.2) is 29.3 Å². The molecule has 35 heavy (non-hydrogen) atoms. The van der Waals surface area contributed by atoms with Crippen LogP contribution in [0.4, 0.5) is 0 Å². The monoisotopic (exact) mass is 511 g/mol. The number of nitrogens with one attached hydrogen (secondary N) is 1. The average Bonchev–Trinajstić information content (AvgIpc) is 3.56. The maximum Gasteiger partial charge on any atom is 0.266 e. The lowest BCUT2D eigenvalue weighted by molar-refractivity contribution is -0.123. The number of para-hydroxylation sites is 1. The standard InChI is InChI=1S/C27H33N3O3S2/c1-2-18-8-6-12-22-19(14-23-26(32)30(27(34)35-23)16-21-11-7-13-33-21)15-29(25(18)22)17-24(31)28-20-9-4-3-5-10-20/h6,8,12,14-15,20-21H,2-5,7,9-11,13,16-17H2,1H3,(H,28,31)/b23-14-/t21-/m0/s1. The molecule has 6 nitrogen and oxygen atoms in total. The van der Waals surface area contributed by atoms with Crippen LogP contribution in [0.5, 0.6) is 0 Å². The van der Waals surface area contributed by atoms with Gasteiger partial charge in [-0.2, -0.15) is 0 Å². The Morgan fingerprint density at radius 2 is 2.06 bits per heavy atom. The molecule has 0 unspecified atom stereocenters. The molecule has 0 radical (unpaired) electrons. The fourth-order valence-electron chi connectivity index (χ4n) is 5.46. The van der Waals surface area contributed by atoms with Gasteiger partial charge < -0.3 is 14.6 Å². The summed E-state index contributed by atoms with van der Waals surface area (Å²) in [6.45, 7) is 3.68. The summed E-state index contributed by atoms with van der Waals surface area (Å²) in [7, 11) is 0. The van der Waals surface area contributed by atoms with Gasteiger partial charge in [0.25, 0.3) is 5.91 Å². The molecule has 3 heterocycles. The molecular weight excluding hydrogens is 478 g/mol. The number of thiocarbonyl (C=S) groups is 1. The van der Waals surface area contributed by atoms with Crippen molar-refractivity contribution in [1.82, 2.24) is 14.8 Å². The predicted octanol–water partition coefficient (Wildman–Crippen LogP) is 5.03. The Kier molecular flexibility index (Phi) is 7.60. The third-order valence-electron chi connectivity index (χ3n) is 7.25. The number of benzene rings is 1. The van der Waals surface area contributed by atoms with Crippen molar-refractivity contribution in [1.29, 1.82) is 0 Å². The molecule has 186 valence electrons. The third-order valence-corrected chi connectivity index (χ3v) is 8.63. The number of rotatable bonds is 7. The van der Waals surface area contributed by atoms with Crippen LogP contribution in [-0.2, 0) is 27.3 Å². The summed E-state index contributed by atoms with van der Waals surface area (Å²) in [5, 5.41) is 4.29. The molecule has 2 saturated heterocycles. The number of thioether (sulfide) groups is 1. The normalized spacial score (nSPS) is 22.6. The van der Waals surface area contributed by atoms with Gasteiger partial charge in [-0.1, -0.05) is 68.4 Å². The number of carbonyl (C=O) groups excluding carboxylic acids is 2. The molecular formula is C27H33N3O3S2. The number of aryl methyl sites for hydroxylation is 1. The van der Waals surface area contributed by atoms with Gasteiger partial charge in [0.05, 0.1) is 23.1 Å². The topological polar surface area (TPSA) is 63.6 Å². The van der Waals surface area contributed by atoms with Crippen molar-refractivity contribution in [2.24, 2.45) is 0 Å². The van der Waals surface area contributed by atoms with Gasteiger partial charge in [0.1, 0.15) is 10.9 Å². The lowest BCUT2D eigenvalue weighted by atomic mass is 9.95. The summed E-state index contributed by atoms with van der Waals surface area (Å²) in [6, 6.07) is 6.52. The van der Waals surface area contributed by atoms with Crippen LogP contribution >= 0.6 is 24.0 Å². The first kappa shape index (κ1) is 24.5. The van der Waals surface area contributed by atoms with E-state index < -0.39 is 0 Å². The highest BCUT2D eigenvalue weighted by molar-refractivity contribution is 8.26. The summed E-state index contributed by atoms with van der Waals surface area (Å²) in [4.78, 5) is 28.4. The Morgan fingerprint density at radius 1 is 1.23 bits per heavy atom. The number of hydrogen-bond acceptors (Lipinski definition) is 5. The van der Waals surface area contributed by atoms with Gasteiger partial charge in [-0.3, -0.25) is 14.5 Å². The van der Waals surface area contributed by atoms with E-state index in [0.717, 1.165) is 55.2 Å². The molecule has 1 saturated carbocycles. The van der Waals surface area contributed by atoms with Gasteiger partial charge >= 0.3 is 0 Å². The number of carbonyl (C=O) groups is 2. The van der Waals surface area contributed by atoms with Crippen LogP contribution < -0.4 is 5.32 Å². The van der Waals surface area contributed by atoms with Crippen molar-refractivity contribution in [3.63, 3.8) is 0 Å². The summed E-state index contributed by atoms with van der Waals surface area (Å²) in [5.41, 5.74) is 3.20. The summed E-state index contributed by atoms with van der Waals surface area (Å²) >= 11 is 6.88. The Balaban J connectivity index is 1.41. The molecule has 2 aliphatic heterocycles. The number of fused-ring (bicyclic) bond motifs is 1. The van der Waals surface area contributed by atoms with E-state index in [1.165, 1.54) is 36.6 Å². The minimum absolute atomic E-state index is 0.0501. The zero-order chi connectivity index (χ0) is 24.4. The fraction of sp³-hybridized carbons (Fsp3) is 0.519. The maximum absolute atomic E-state index is 13.2. The molecule has 3 aliphatic rings. The van der Waals surface area contributed by atoms with E-state index in [1.807, 2.05) is 22.9 Å². The van der Waals surface area contributed by atoms with Gasteiger partial charge in [-0.25, -0.2) is 0 Å². The minimum atomic E-state index is -0.0573. The van der Waals surface area contributed by atoms with Crippen molar-refractivity contribution >= 4 is 57.1 Å². The second-order valence-corrected chi connectivity index (χ2v) is 11.4. The van der Waals surface area contributed by atoms with Crippen LogP contribution in [-0.4, -0.2) is 50.9 Å². The van der Waals surface area contributed by atoms with Gasteiger partial charge in [-0.15, -0.1) is 0 Å². The lowest BCUT2D eigenvalue weighted by Crippen LogP contribution is -2.38. The first-order valence-electron chi connectivity index (χ1n) is 12.8. The van der Waals surface area contributed by atoms with Crippen LogP contribution in [0.2, 0.25) is 0 Å². The molecule has 2 aromatic rings. The highest BCUT2D eigenvalue weighted by Crippen LogP contribution is 2.36. The number of hydrogen-bond donors (Lipinski definition) is 1. The molecule has 8 heteroatoms. The Hall–Kier alpha value is -2.16. The lowest BCUT2D eigenvalue weighted by Gasteiger charge is -2.23. The van der Waals surface area contributed by atoms with E-state index in [-0.39, 0.29) is 30.5 Å². The minimum Gasteiger partial charge on any atom is -0.376 e. The highest BCUT2D eigenvalue weighted by Gasteiger charge is 2.34. The van der Waals surface area contributed by atoms with Crippen molar-refractivity contribution < 1.29 is 14.3 Å². The van der Waals surface area contributed by atoms with Gasteiger partial charge in [0.15, 0.2) is 0 Å². The Morgan fingerprint density at radius 3 is 2.80 bits per heavy atom. The Bertz CT molecular complexity index is 1160. The summed E-state index contributed by atoms with van der Waals surface area (Å²) < 4.78 is 8.35. The van der Waals surface area contributed by atoms with Crippen LogP contribution in [0.1, 0.15) is 63.0 Å². The second-order valence-electron chi connectivity index (χ2n) is 9.71. The van der Waals surface area contributed by atoms with E-state index in [9.17, 15) is 9.59 Å². The van der Waals surface area contributed by atoms with Gasteiger partial charge in [0.2, 0.25) is 5.91 Å². The van der Waals surface area contributed by atoms with Crippen LogP contribution in [0.3, 0.4) is 0 Å². The largest absolute Gasteiger partial charge is 0.376 e. The molecule has 2 amide bonds. The molecule has 5 rings (SSSR count). The van der Waals surface area contributed by atoms with Crippen molar-refractivity contribution in [2.75, 3.05) is 13.2 Å². The summed E-state index contributed by atoms with van der Waals surface area (Å²) in [6.07, 6.45) is 12.6. The third kappa shape index (κ3) is 5.34. The summed E-state index contributed by atoms with van der Waals surface area (Å²) in [5.74, 6) is -0.00719. The SMILES string of the molecule is CCc1cccc2c(/C=C3\SC(=S)N(C[C@@H]4CCCO4)C3=O)cn(CC(=O)NC3CCCCC3)c12. The average molecular weight is 512 g/mol. The van der Waals surface area contributed by atoms with Crippen molar-refractivity contribution in [2.45, 2.75) is 77.0 Å². The molecule has 1 aliphatic carbocycles. The number of nitrogens with zero attached hydrogens (tertiary/aromatic N) is 2. The molecule has 0 spiro atoms. The molecule has 3 fully saturated rings. The quantitative estimate of drug-likeness (QED) is 0.417. The fourth-order valence-corrected chi connectivity index (χ4v) is 6.72. The zero-order valence-electron chi connectivity index (χ0n) is 20.3. The van der Waals surface area contributed by atoms with Gasteiger partial charge in [0, 0.05) is 29.8 Å². The van der Waals surface area contributed by atoms with Crippen molar-refractivity contribution in [3.05, 3.63) is 40.4 Å². The number of ether oxygens (including phenoxy) is 1. The van der Waals surface area contributed by atoms with E-state index >= 15 is 0 Å². The van der Waals surface area contributed by atoms with E-state index in [1.54, 1.807) is 4.90 Å². The van der Waals surface area contributed by atoms with Crippen molar-refractivity contribution in [3.8, 4) is 0 Å². The van der Waals surface area contributed by atoms with Crippen LogP contribution in [0.25, 0.3) is 17.0 Å². The predicted molar refractivity (Wildman–Crippen MR) is 145 cm³/mol. The molecule has 1 aromatic carbocycles. The van der Waals surface area contributed by atoms with E-state index in [0.29, 0.717) is 15.8 Å². The Labute approximate surface area is 216 Å². The number of aromatic nitrogens is 1. The molecule has 1 N–H and O–H groups in total. The number of amides is 2. The highest BCUT2D eigenvalue weighted by atomic mass is 32.2. The molecule has 0 bridgehead atoms. The molecule has 1 atom stereocenters.